The van der Waals surface area contributed by atoms with Gasteiger partial charge in [-0.3, -0.25) is 0 Å². The van der Waals surface area contributed by atoms with Crippen molar-refractivity contribution in [2.24, 2.45) is 0 Å². The fourth-order valence-corrected chi connectivity index (χ4v) is 7.05. The Morgan fingerprint density at radius 2 is 1.00 bits per heavy atom. The summed E-state index contributed by atoms with van der Waals surface area (Å²) in [7, 11) is 0. The largest absolute Gasteiger partial charge is 0.310 e. The first-order chi connectivity index (χ1) is 24.3. The van der Waals surface area contributed by atoms with Gasteiger partial charge in [-0.15, -0.1) is 0 Å². The maximum Gasteiger partial charge on any atom is 0.160 e. The van der Waals surface area contributed by atoms with Gasteiger partial charge in [0.1, 0.15) is 0 Å². The van der Waals surface area contributed by atoms with Gasteiger partial charge >= 0.3 is 0 Å². The average Bonchev–Trinajstić information content (AvgIpc) is 3.53. The Balaban J connectivity index is 1.02. The minimum Gasteiger partial charge on any atom is -0.310 e. The Bertz CT molecular complexity index is 2400. The highest BCUT2D eigenvalue weighted by Gasteiger charge is 2.18. The molecule has 0 N–H and O–H groups in total. The van der Waals surface area contributed by atoms with Crippen LogP contribution >= 0.6 is 0 Å². The molecule has 1 aliphatic carbocycles. The van der Waals surface area contributed by atoms with Crippen LogP contribution in [0.3, 0.4) is 0 Å². The summed E-state index contributed by atoms with van der Waals surface area (Å²) in [6.07, 6.45) is 6.77. The van der Waals surface area contributed by atoms with Crippen LogP contribution in [0.5, 0.6) is 0 Å². The zero-order valence-corrected chi connectivity index (χ0v) is 27.0. The van der Waals surface area contributed by atoms with Crippen LogP contribution in [0.25, 0.3) is 78.8 Å². The minimum absolute atomic E-state index is 0.714. The summed E-state index contributed by atoms with van der Waals surface area (Å²) in [6, 6.07) is 57.8. The number of fused-ring (bicyclic) bond motifs is 3. The van der Waals surface area contributed by atoms with Crippen LogP contribution < -0.4 is 0 Å². The van der Waals surface area contributed by atoms with Crippen LogP contribution in [0.15, 0.2) is 170 Å². The van der Waals surface area contributed by atoms with Gasteiger partial charge in [0.05, 0.1) is 16.9 Å². The van der Waals surface area contributed by atoms with Crippen LogP contribution in [0.2, 0.25) is 0 Å². The summed E-state index contributed by atoms with van der Waals surface area (Å²) < 4.78 is 2.41. The summed E-state index contributed by atoms with van der Waals surface area (Å²) >= 11 is 0. The molecule has 232 valence electrons. The number of aryl methyl sites for hydroxylation is 1. The average molecular weight is 628 g/mol. The Kier molecular flexibility index (Phi) is 7.29. The van der Waals surface area contributed by atoms with Crippen molar-refractivity contribution in [1.82, 2.24) is 14.5 Å². The SMILES string of the molecule is C1=Cc2c(c3ccccc3n2-c2ccc(-c3ccc(-c4cccc(-c5nc(-c6ccccc6)cc(-c6ccccc6)n5)c4)cc3)cc2)CC1. The number of nitrogens with zero attached hydrogens (tertiary/aromatic N) is 3. The third kappa shape index (κ3) is 5.46. The molecule has 0 radical (unpaired) electrons. The molecule has 8 aromatic rings. The lowest BCUT2D eigenvalue weighted by atomic mass is 9.98. The molecule has 2 aromatic heterocycles. The van der Waals surface area contributed by atoms with Crippen LogP contribution in [-0.2, 0) is 6.42 Å². The van der Waals surface area contributed by atoms with Crippen LogP contribution in [0.4, 0.5) is 0 Å². The fourth-order valence-electron chi connectivity index (χ4n) is 7.05. The molecule has 3 heteroatoms. The van der Waals surface area contributed by atoms with Gasteiger partial charge in [-0.2, -0.15) is 0 Å². The van der Waals surface area contributed by atoms with Crippen LogP contribution in [-0.4, -0.2) is 14.5 Å². The number of rotatable bonds is 6. The highest BCUT2D eigenvalue weighted by Crippen LogP contribution is 2.35. The van der Waals surface area contributed by atoms with Gasteiger partial charge in [-0.25, -0.2) is 9.97 Å². The number of para-hydroxylation sites is 1. The molecule has 0 spiro atoms. The Hall–Kier alpha value is -6.32. The van der Waals surface area contributed by atoms with Gasteiger partial charge in [0.25, 0.3) is 0 Å². The summed E-state index contributed by atoms with van der Waals surface area (Å²) in [5.74, 6) is 0.714. The molecule has 0 amide bonds. The first-order valence-corrected chi connectivity index (χ1v) is 16.9. The van der Waals surface area contributed by atoms with Gasteiger partial charge in [-0.05, 0) is 77.1 Å². The van der Waals surface area contributed by atoms with E-state index in [2.05, 4.69) is 144 Å². The highest BCUT2D eigenvalue weighted by molar-refractivity contribution is 5.91. The van der Waals surface area contributed by atoms with Crippen molar-refractivity contribution in [2.75, 3.05) is 0 Å². The predicted molar refractivity (Wildman–Crippen MR) is 203 cm³/mol. The van der Waals surface area contributed by atoms with E-state index in [0.29, 0.717) is 5.82 Å². The van der Waals surface area contributed by atoms with E-state index in [1.165, 1.54) is 39.0 Å². The highest BCUT2D eigenvalue weighted by atomic mass is 15.0. The lowest BCUT2D eigenvalue weighted by Gasteiger charge is -2.13. The van der Waals surface area contributed by atoms with E-state index < -0.39 is 0 Å². The van der Waals surface area contributed by atoms with E-state index in [0.717, 1.165) is 52.0 Å². The molecule has 2 heterocycles. The fraction of sp³-hybridized carbons (Fsp3) is 0.0435. The van der Waals surface area contributed by atoms with Crippen LogP contribution in [0.1, 0.15) is 17.7 Å². The minimum atomic E-state index is 0.714. The molecule has 0 saturated carbocycles. The predicted octanol–water partition coefficient (Wildman–Crippen LogP) is 11.7. The van der Waals surface area contributed by atoms with Gasteiger partial charge in [0.2, 0.25) is 0 Å². The second-order valence-electron chi connectivity index (χ2n) is 12.6. The first-order valence-electron chi connectivity index (χ1n) is 16.9. The third-order valence-electron chi connectivity index (χ3n) is 9.52. The summed E-state index contributed by atoms with van der Waals surface area (Å²) in [6.45, 7) is 0. The summed E-state index contributed by atoms with van der Waals surface area (Å²) in [5, 5.41) is 1.36. The van der Waals surface area contributed by atoms with Gasteiger partial charge in [-0.1, -0.05) is 140 Å². The Morgan fingerprint density at radius 3 is 1.67 bits per heavy atom. The standard InChI is InChI=1S/C46H33N3/c1-3-12-35(13-4-1)42-31-43(36-14-5-2-6-15-36)48-46(47-42)38-17-11-16-37(30-38)34-24-22-32(23-25-34)33-26-28-39(29-27-33)49-44-20-9-7-18-40(44)41-19-8-10-21-45(41)49/h1-7,9-18,20-31H,8,19H2. The van der Waals surface area contributed by atoms with E-state index in [1.54, 1.807) is 0 Å². The maximum atomic E-state index is 5.04. The molecule has 0 fully saturated rings. The third-order valence-corrected chi connectivity index (χ3v) is 9.52. The number of allylic oxidation sites excluding steroid dienone is 1. The van der Waals surface area contributed by atoms with Crippen molar-refractivity contribution in [3.05, 3.63) is 181 Å². The van der Waals surface area contributed by atoms with E-state index in [1.807, 2.05) is 36.4 Å². The molecule has 0 aliphatic heterocycles. The Labute approximate surface area is 286 Å². The molecular weight excluding hydrogens is 595 g/mol. The van der Waals surface area contributed by atoms with Crippen molar-refractivity contribution in [1.29, 1.82) is 0 Å². The molecule has 9 rings (SSSR count). The molecule has 3 nitrogen and oxygen atoms in total. The normalized spacial score (nSPS) is 12.2. The Morgan fingerprint density at radius 1 is 0.449 bits per heavy atom. The molecule has 6 aromatic carbocycles. The molecule has 0 saturated heterocycles. The molecule has 1 aliphatic rings. The zero-order valence-electron chi connectivity index (χ0n) is 27.0. The lowest BCUT2D eigenvalue weighted by Crippen LogP contribution is -2.00. The second kappa shape index (κ2) is 12.4. The van der Waals surface area contributed by atoms with Gasteiger partial charge < -0.3 is 4.57 Å². The van der Waals surface area contributed by atoms with Crippen molar-refractivity contribution >= 4 is 17.0 Å². The quantitative estimate of drug-likeness (QED) is 0.184. The summed E-state index contributed by atoms with van der Waals surface area (Å²) in [4.78, 5) is 10.1. The lowest BCUT2D eigenvalue weighted by molar-refractivity contribution is 0.967. The molecular formula is C46H33N3. The van der Waals surface area contributed by atoms with Crippen molar-refractivity contribution in [3.8, 4) is 61.8 Å². The smallest absolute Gasteiger partial charge is 0.160 e. The van der Waals surface area contributed by atoms with E-state index >= 15 is 0 Å². The van der Waals surface area contributed by atoms with E-state index in [4.69, 9.17) is 9.97 Å². The van der Waals surface area contributed by atoms with Crippen LogP contribution in [0, 0.1) is 0 Å². The van der Waals surface area contributed by atoms with E-state index in [-0.39, 0.29) is 0 Å². The van der Waals surface area contributed by atoms with Crippen molar-refractivity contribution in [3.63, 3.8) is 0 Å². The van der Waals surface area contributed by atoms with Crippen molar-refractivity contribution in [2.45, 2.75) is 12.8 Å². The number of hydrogen-bond donors (Lipinski definition) is 0. The monoisotopic (exact) mass is 627 g/mol. The molecule has 0 atom stereocenters. The molecule has 0 bridgehead atoms. The number of aromatic nitrogens is 3. The topological polar surface area (TPSA) is 30.7 Å². The summed E-state index contributed by atoms with van der Waals surface area (Å²) in [5.41, 5.74) is 14.8. The number of benzene rings is 6. The zero-order chi connectivity index (χ0) is 32.6. The number of hydrogen-bond acceptors (Lipinski definition) is 2. The maximum absolute atomic E-state index is 5.04. The molecule has 0 unspecified atom stereocenters. The van der Waals surface area contributed by atoms with E-state index in [9.17, 15) is 0 Å². The second-order valence-corrected chi connectivity index (χ2v) is 12.6. The van der Waals surface area contributed by atoms with Gasteiger partial charge in [0, 0.05) is 33.5 Å². The molecule has 49 heavy (non-hydrogen) atoms. The first kappa shape index (κ1) is 28.9. The van der Waals surface area contributed by atoms with Crippen molar-refractivity contribution < 1.29 is 0 Å². The van der Waals surface area contributed by atoms with Gasteiger partial charge in [0.15, 0.2) is 5.82 Å².